The third-order valence-corrected chi connectivity index (χ3v) is 4.70. The second-order valence-corrected chi connectivity index (χ2v) is 6.19. The molecule has 1 aliphatic rings. The quantitative estimate of drug-likeness (QED) is 0.477. The Hall–Kier alpha value is -2.02. The summed E-state index contributed by atoms with van der Waals surface area (Å²) in [5.74, 6) is 0. The molecule has 0 bridgehead atoms. The summed E-state index contributed by atoms with van der Waals surface area (Å²) in [5.41, 5.74) is 8.70. The molecule has 0 fully saturated rings. The Morgan fingerprint density at radius 1 is 1.10 bits per heavy atom. The highest BCUT2D eigenvalue weighted by Crippen LogP contribution is 2.43. The Bertz CT molecular complexity index is 823. The smallest absolute Gasteiger partial charge is 0.0530 e. The Morgan fingerprint density at radius 2 is 1.95 bits per heavy atom. The number of aromatic nitrogens is 1. The summed E-state index contributed by atoms with van der Waals surface area (Å²) in [7, 11) is 0. The van der Waals surface area contributed by atoms with E-state index in [9.17, 15) is 0 Å². The molecule has 0 radical (unpaired) electrons. The van der Waals surface area contributed by atoms with E-state index in [-0.39, 0.29) is 0 Å². The number of hydrogen-bond donors (Lipinski definition) is 0. The molecule has 2 aromatic carbocycles. The molecule has 1 heterocycles. The average molecular weight is 275 g/mol. The monoisotopic (exact) mass is 275 g/mol. The van der Waals surface area contributed by atoms with E-state index in [1.165, 1.54) is 51.7 Å². The summed E-state index contributed by atoms with van der Waals surface area (Å²) >= 11 is 0. The highest BCUT2D eigenvalue weighted by Gasteiger charge is 2.25. The van der Waals surface area contributed by atoms with Gasteiger partial charge in [-0.1, -0.05) is 49.2 Å². The third-order valence-electron chi connectivity index (χ3n) is 4.70. The fourth-order valence-corrected chi connectivity index (χ4v) is 3.67. The minimum absolute atomic E-state index is 1.09. The maximum absolute atomic E-state index is 2.55. The number of hydrogen-bond acceptors (Lipinski definition) is 0. The van der Waals surface area contributed by atoms with Crippen molar-refractivity contribution in [3.63, 3.8) is 0 Å². The predicted molar refractivity (Wildman–Crippen MR) is 89.8 cm³/mol. The van der Waals surface area contributed by atoms with Crippen LogP contribution >= 0.6 is 0 Å². The fourth-order valence-electron chi connectivity index (χ4n) is 3.67. The van der Waals surface area contributed by atoms with Crippen LogP contribution in [0.5, 0.6) is 0 Å². The van der Waals surface area contributed by atoms with Gasteiger partial charge < -0.3 is 4.57 Å². The third kappa shape index (κ3) is 1.84. The standard InChI is InChI=1S/C20H21N/c1-3-4-11-21-19-10-9-14(2)12-17(19)18-13-15-7-5-6-8-16(15)20(18)21/h5-10,12H,3-4,11,13H2,1-2H3. The van der Waals surface area contributed by atoms with Crippen molar-refractivity contribution in [2.45, 2.75) is 39.7 Å². The summed E-state index contributed by atoms with van der Waals surface area (Å²) in [6.45, 7) is 5.58. The Kier molecular flexibility index (Phi) is 2.88. The van der Waals surface area contributed by atoms with E-state index in [0.717, 1.165) is 13.0 Å². The van der Waals surface area contributed by atoms with E-state index < -0.39 is 0 Å². The molecular formula is C20H21N. The molecule has 106 valence electrons. The van der Waals surface area contributed by atoms with E-state index in [0.29, 0.717) is 0 Å². The number of benzene rings is 2. The van der Waals surface area contributed by atoms with Crippen molar-refractivity contribution in [2.24, 2.45) is 0 Å². The Balaban J connectivity index is 2.02. The molecule has 0 amide bonds. The summed E-state index contributed by atoms with van der Waals surface area (Å²) in [4.78, 5) is 0. The van der Waals surface area contributed by atoms with Gasteiger partial charge in [-0.15, -0.1) is 0 Å². The van der Waals surface area contributed by atoms with Gasteiger partial charge in [0.25, 0.3) is 0 Å². The zero-order chi connectivity index (χ0) is 14.4. The second kappa shape index (κ2) is 4.77. The maximum Gasteiger partial charge on any atom is 0.0530 e. The highest BCUT2D eigenvalue weighted by atomic mass is 15.0. The van der Waals surface area contributed by atoms with Crippen molar-refractivity contribution in [2.75, 3.05) is 0 Å². The molecule has 0 saturated heterocycles. The molecular weight excluding hydrogens is 254 g/mol. The van der Waals surface area contributed by atoms with Gasteiger partial charge in [0.05, 0.1) is 5.69 Å². The van der Waals surface area contributed by atoms with E-state index in [2.05, 4.69) is 60.9 Å². The lowest BCUT2D eigenvalue weighted by Crippen LogP contribution is -1.99. The topological polar surface area (TPSA) is 4.93 Å². The summed E-state index contributed by atoms with van der Waals surface area (Å²) < 4.78 is 2.55. The molecule has 0 atom stereocenters. The van der Waals surface area contributed by atoms with Crippen LogP contribution in [-0.4, -0.2) is 4.57 Å². The Labute approximate surface area is 126 Å². The normalized spacial score (nSPS) is 12.7. The lowest BCUT2D eigenvalue weighted by molar-refractivity contribution is 0.654. The lowest BCUT2D eigenvalue weighted by Gasteiger charge is -2.10. The van der Waals surface area contributed by atoms with Crippen molar-refractivity contribution in [1.29, 1.82) is 0 Å². The second-order valence-electron chi connectivity index (χ2n) is 6.19. The van der Waals surface area contributed by atoms with Crippen molar-refractivity contribution >= 4 is 10.9 Å². The first-order chi connectivity index (χ1) is 10.3. The van der Waals surface area contributed by atoms with Gasteiger partial charge in [0.15, 0.2) is 0 Å². The molecule has 21 heavy (non-hydrogen) atoms. The first-order valence-corrected chi connectivity index (χ1v) is 7.99. The summed E-state index contributed by atoms with van der Waals surface area (Å²) in [5, 5.41) is 1.46. The van der Waals surface area contributed by atoms with E-state index >= 15 is 0 Å². The maximum atomic E-state index is 2.55. The predicted octanol–water partition coefficient (Wildman–Crippen LogP) is 5.32. The van der Waals surface area contributed by atoms with E-state index in [1.807, 2.05) is 0 Å². The highest BCUT2D eigenvalue weighted by molar-refractivity contribution is 5.95. The minimum atomic E-state index is 1.09. The van der Waals surface area contributed by atoms with Gasteiger partial charge >= 0.3 is 0 Å². The van der Waals surface area contributed by atoms with Gasteiger partial charge in [0, 0.05) is 29.4 Å². The van der Waals surface area contributed by atoms with Crippen LogP contribution < -0.4 is 0 Å². The van der Waals surface area contributed by atoms with Crippen LogP contribution in [0.3, 0.4) is 0 Å². The molecule has 0 unspecified atom stereocenters. The van der Waals surface area contributed by atoms with Gasteiger partial charge in [-0.25, -0.2) is 0 Å². The van der Waals surface area contributed by atoms with Gasteiger partial charge in [-0.05, 0) is 36.6 Å². The SMILES string of the molecule is CCCCn1c2c(c3cc(C)ccc31)Cc1ccccc1-2. The molecule has 1 nitrogen and oxygen atoms in total. The first kappa shape index (κ1) is 12.7. The van der Waals surface area contributed by atoms with Crippen LogP contribution in [0.25, 0.3) is 22.2 Å². The minimum Gasteiger partial charge on any atom is -0.340 e. The number of unbranched alkanes of at least 4 members (excludes halogenated alkanes) is 1. The van der Waals surface area contributed by atoms with Crippen LogP contribution in [0.1, 0.15) is 36.5 Å². The zero-order valence-corrected chi connectivity index (χ0v) is 12.8. The molecule has 0 saturated carbocycles. The number of rotatable bonds is 3. The molecule has 3 aromatic rings. The molecule has 0 N–H and O–H groups in total. The Morgan fingerprint density at radius 3 is 2.81 bits per heavy atom. The lowest BCUT2D eigenvalue weighted by atomic mass is 10.1. The summed E-state index contributed by atoms with van der Waals surface area (Å²) in [6.07, 6.45) is 3.57. The van der Waals surface area contributed by atoms with Crippen LogP contribution in [0, 0.1) is 6.92 Å². The molecule has 1 aliphatic carbocycles. The van der Waals surface area contributed by atoms with Crippen molar-refractivity contribution in [3.8, 4) is 11.3 Å². The number of fused-ring (bicyclic) bond motifs is 5. The fraction of sp³-hybridized carbons (Fsp3) is 0.300. The van der Waals surface area contributed by atoms with E-state index in [4.69, 9.17) is 0 Å². The summed E-state index contributed by atoms with van der Waals surface area (Å²) in [6, 6.07) is 15.8. The zero-order valence-electron chi connectivity index (χ0n) is 12.8. The van der Waals surface area contributed by atoms with Gasteiger partial charge in [-0.3, -0.25) is 0 Å². The molecule has 1 heteroatoms. The van der Waals surface area contributed by atoms with E-state index in [1.54, 1.807) is 0 Å². The van der Waals surface area contributed by atoms with Gasteiger partial charge in [-0.2, -0.15) is 0 Å². The van der Waals surface area contributed by atoms with Gasteiger partial charge in [0.1, 0.15) is 0 Å². The number of aryl methyl sites for hydroxylation is 2. The number of nitrogens with zero attached hydrogens (tertiary/aromatic N) is 1. The van der Waals surface area contributed by atoms with Crippen LogP contribution in [-0.2, 0) is 13.0 Å². The largest absolute Gasteiger partial charge is 0.340 e. The van der Waals surface area contributed by atoms with Crippen LogP contribution in [0.15, 0.2) is 42.5 Å². The van der Waals surface area contributed by atoms with Gasteiger partial charge in [0.2, 0.25) is 0 Å². The van der Waals surface area contributed by atoms with Crippen LogP contribution in [0.4, 0.5) is 0 Å². The van der Waals surface area contributed by atoms with Crippen molar-refractivity contribution in [3.05, 3.63) is 59.2 Å². The molecule has 1 aromatic heterocycles. The van der Waals surface area contributed by atoms with Crippen molar-refractivity contribution in [1.82, 2.24) is 4.57 Å². The molecule has 4 rings (SSSR count). The molecule has 0 aliphatic heterocycles. The van der Waals surface area contributed by atoms with Crippen LogP contribution in [0.2, 0.25) is 0 Å². The molecule has 0 spiro atoms. The average Bonchev–Trinajstić information content (AvgIpc) is 3.00. The first-order valence-electron chi connectivity index (χ1n) is 7.99. The van der Waals surface area contributed by atoms with Crippen molar-refractivity contribution < 1.29 is 0 Å².